The summed E-state index contributed by atoms with van der Waals surface area (Å²) in [6, 6.07) is 20.1. The zero-order valence-electron chi connectivity index (χ0n) is 18.3. The minimum Gasteiger partial charge on any atom is -0.493 e. The van der Waals surface area contributed by atoms with Crippen LogP contribution in [0, 0.1) is 0 Å². The largest absolute Gasteiger partial charge is 0.493 e. The van der Waals surface area contributed by atoms with Gasteiger partial charge in [-0.2, -0.15) is 0 Å². The van der Waals surface area contributed by atoms with Crippen molar-refractivity contribution in [2.24, 2.45) is 0 Å². The van der Waals surface area contributed by atoms with Gasteiger partial charge in [-0.3, -0.25) is 9.36 Å². The Morgan fingerprint density at radius 2 is 1.74 bits per heavy atom. The van der Waals surface area contributed by atoms with Gasteiger partial charge in [-0.15, -0.1) is 10.2 Å². The maximum absolute atomic E-state index is 12.6. The van der Waals surface area contributed by atoms with E-state index < -0.39 is 0 Å². The first-order chi connectivity index (χ1) is 16.5. The lowest BCUT2D eigenvalue weighted by Gasteiger charge is -2.12. The number of benzene rings is 3. The van der Waals surface area contributed by atoms with Crippen LogP contribution in [0.3, 0.4) is 0 Å². The Kier molecular flexibility index (Phi) is 7.62. The maximum Gasteiger partial charge on any atom is 0.234 e. The summed E-state index contributed by atoms with van der Waals surface area (Å²) in [6.45, 7) is 0. The van der Waals surface area contributed by atoms with Crippen molar-refractivity contribution in [1.82, 2.24) is 14.8 Å². The van der Waals surface area contributed by atoms with Crippen LogP contribution in [0.15, 0.2) is 71.9 Å². The van der Waals surface area contributed by atoms with E-state index in [1.54, 1.807) is 32.4 Å². The van der Waals surface area contributed by atoms with Crippen molar-refractivity contribution in [3.8, 4) is 28.6 Å². The molecule has 1 N–H and O–H groups in total. The zero-order chi connectivity index (χ0) is 24.1. The molecule has 0 atom stereocenters. The molecule has 0 aliphatic heterocycles. The van der Waals surface area contributed by atoms with Crippen LogP contribution in [0.25, 0.3) is 17.1 Å². The fourth-order valence-electron chi connectivity index (χ4n) is 3.24. The molecule has 0 bridgehead atoms. The fourth-order valence-corrected chi connectivity index (χ4v) is 4.45. The molecule has 0 aliphatic rings. The number of hydrogen-bond acceptors (Lipinski definition) is 6. The second-order valence-corrected chi connectivity index (χ2v) is 8.79. The minimum atomic E-state index is -0.232. The molecule has 0 aliphatic carbocycles. The highest BCUT2D eigenvalue weighted by Crippen LogP contribution is 2.34. The third-order valence-corrected chi connectivity index (χ3v) is 6.30. The number of anilines is 1. The number of methoxy groups -OCH3 is 2. The first kappa shape index (κ1) is 23.9. The highest BCUT2D eigenvalue weighted by Gasteiger charge is 2.19. The van der Waals surface area contributed by atoms with Crippen LogP contribution in [-0.4, -0.2) is 40.6 Å². The van der Waals surface area contributed by atoms with Crippen molar-refractivity contribution < 1.29 is 14.3 Å². The molecule has 0 saturated heterocycles. The second kappa shape index (κ2) is 10.8. The van der Waals surface area contributed by atoms with Crippen LogP contribution < -0.4 is 14.8 Å². The summed E-state index contributed by atoms with van der Waals surface area (Å²) < 4.78 is 12.7. The Balaban J connectivity index is 1.62. The molecule has 4 aromatic rings. The van der Waals surface area contributed by atoms with Gasteiger partial charge >= 0.3 is 0 Å². The molecule has 0 saturated carbocycles. The molecule has 0 unspecified atom stereocenters. The summed E-state index contributed by atoms with van der Waals surface area (Å²) in [7, 11) is 3.16. The predicted octanol–water partition coefficient (Wildman–Crippen LogP) is 5.99. The minimum absolute atomic E-state index is 0.107. The number of nitrogens with zero attached hydrogens (tertiary/aromatic N) is 3. The van der Waals surface area contributed by atoms with Crippen LogP contribution in [-0.2, 0) is 4.79 Å². The smallest absolute Gasteiger partial charge is 0.234 e. The number of para-hydroxylation sites is 1. The molecule has 0 radical (unpaired) electrons. The molecule has 0 spiro atoms. The van der Waals surface area contributed by atoms with Gasteiger partial charge in [-0.1, -0.05) is 53.2 Å². The second-order valence-electron chi connectivity index (χ2n) is 7.01. The average molecular weight is 515 g/mol. The summed E-state index contributed by atoms with van der Waals surface area (Å²) in [6.07, 6.45) is 0. The Bertz CT molecular complexity index is 1320. The maximum atomic E-state index is 12.6. The number of thioether (sulfide) groups is 1. The Morgan fingerprint density at radius 3 is 2.44 bits per heavy atom. The number of aromatic nitrogens is 3. The van der Waals surface area contributed by atoms with Crippen molar-refractivity contribution in [2.75, 3.05) is 25.3 Å². The van der Waals surface area contributed by atoms with Gasteiger partial charge in [-0.25, -0.2) is 0 Å². The van der Waals surface area contributed by atoms with E-state index >= 15 is 0 Å². The summed E-state index contributed by atoms with van der Waals surface area (Å²) in [5.41, 5.74) is 2.14. The quantitative estimate of drug-likeness (QED) is 0.291. The van der Waals surface area contributed by atoms with Gasteiger partial charge < -0.3 is 14.8 Å². The molecule has 174 valence electrons. The molecule has 1 aromatic heterocycles. The van der Waals surface area contributed by atoms with Gasteiger partial charge in [0.05, 0.1) is 30.7 Å². The van der Waals surface area contributed by atoms with E-state index in [0.29, 0.717) is 38.2 Å². The lowest BCUT2D eigenvalue weighted by atomic mass is 10.2. The zero-order valence-corrected chi connectivity index (χ0v) is 20.6. The van der Waals surface area contributed by atoms with Crippen molar-refractivity contribution in [2.45, 2.75) is 5.16 Å². The van der Waals surface area contributed by atoms with E-state index in [1.807, 2.05) is 53.1 Å². The van der Waals surface area contributed by atoms with Crippen molar-refractivity contribution in [3.05, 3.63) is 76.8 Å². The Hall–Kier alpha value is -3.20. The molecule has 7 nitrogen and oxygen atoms in total. The van der Waals surface area contributed by atoms with E-state index in [2.05, 4.69) is 15.5 Å². The topological polar surface area (TPSA) is 78.3 Å². The molecule has 1 amide bonds. The number of nitrogens with one attached hydrogen (secondary N) is 1. The highest BCUT2D eigenvalue weighted by molar-refractivity contribution is 7.99. The molecule has 10 heteroatoms. The number of ether oxygens (including phenoxy) is 2. The Labute approximate surface area is 211 Å². The molecular weight excluding hydrogens is 495 g/mol. The number of carbonyl (C=O) groups excluding carboxylic acids is 1. The van der Waals surface area contributed by atoms with Crippen LogP contribution in [0.4, 0.5) is 5.69 Å². The molecule has 3 aromatic carbocycles. The first-order valence-corrected chi connectivity index (χ1v) is 11.8. The summed E-state index contributed by atoms with van der Waals surface area (Å²) in [5, 5.41) is 13.0. The highest BCUT2D eigenvalue weighted by atomic mass is 35.5. The molecule has 4 rings (SSSR count). The Morgan fingerprint density at radius 1 is 0.971 bits per heavy atom. The van der Waals surface area contributed by atoms with Crippen LogP contribution in [0.5, 0.6) is 11.5 Å². The van der Waals surface area contributed by atoms with Gasteiger partial charge in [0.1, 0.15) is 0 Å². The van der Waals surface area contributed by atoms with Crippen molar-refractivity contribution >= 4 is 46.6 Å². The number of hydrogen-bond donors (Lipinski definition) is 1. The fraction of sp³-hybridized carbons (Fsp3) is 0.125. The van der Waals surface area contributed by atoms with E-state index in [9.17, 15) is 4.79 Å². The van der Waals surface area contributed by atoms with E-state index in [0.717, 1.165) is 11.3 Å². The van der Waals surface area contributed by atoms with Gasteiger partial charge in [0, 0.05) is 16.3 Å². The molecular formula is C24H20Cl2N4O3S. The van der Waals surface area contributed by atoms with Crippen molar-refractivity contribution in [3.63, 3.8) is 0 Å². The van der Waals surface area contributed by atoms with Crippen molar-refractivity contribution in [1.29, 1.82) is 0 Å². The summed E-state index contributed by atoms with van der Waals surface area (Å²) in [4.78, 5) is 12.6. The van der Waals surface area contributed by atoms with E-state index in [4.69, 9.17) is 32.7 Å². The number of carbonyl (C=O) groups is 1. The summed E-state index contributed by atoms with van der Waals surface area (Å²) >= 11 is 13.4. The molecule has 0 fully saturated rings. The summed E-state index contributed by atoms with van der Waals surface area (Å²) in [5.74, 6) is 1.68. The monoisotopic (exact) mass is 514 g/mol. The van der Waals surface area contributed by atoms with E-state index in [1.165, 1.54) is 11.8 Å². The lowest BCUT2D eigenvalue weighted by molar-refractivity contribution is -0.113. The van der Waals surface area contributed by atoms with Gasteiger partial charge in [-0.05, 0) is 48.5 Å². The third-order valence-electron chi connectivity index (χ3n) is 4.83. The lowest BCUT2D eigenvalue weighted by Crippen LogP contribution is -2.15. The van der Waals surface area contributed by atoms with Crippen LogP contribution in [0.2, 0.25) is 10.0 Å². The van der Waals surface area contributed by atoms with Crippen LogP contribution >= 0.6 is 35.0 Å². The number of rotatable bonds is 8. The van der Waals surface area contributed by atoms with Gasteiger partial charge in [0.2, 0.25) is 5.91 Å². The standard InChI is InChI=1S/C24H20Cl2N4O3S/c1-32-20-11-8-15(12-21(20)33-2)23-28-29-24(30(23)17-6-4-3-5-7-17)34-14-22(31)27-19-10-9-16(25)13-18(19)26/h3-13H,14H2,1-2H3,(H,27,31). The third kappa shape index (κ3) is 5.30. The van der Waals surface area contributed by atoms with Gasteiger partial charge in [0.15, 0.2) is 22.5 Å². The number of amides is 1. The molecule has 34 heavy (non-hydrogen) atoms. The average Bonchev–Trinajstić information content (AvgIpc) is 3.28. The number of halogens is 2. The first-order valence-electron chi connectivity index (χ1n) is 10.1. The normalized spacial score (nSPS) is 10.7. The van der Waals surface area contributed by atoms with E-state index in [-0.39, 0.29) is 11.7 Å². The van der Waals surface area contributed by atoms with Crippen LogP contribution in [0.1, 0.15) is 0 Å². The molecule has 1 heterocycles. The predicted molar refractivity (Wildman–Crippen MR) is 136 cm³/mol. The SMILES string of the molecule is COc1ccc(-c2nnc(SCC(=O)Nc3ccc(Cl)cc3Cl)n2-c2ccccc2)cc1OC. The van der Waals surface area contributed by atoms with Gasteiger partial charge in [0.25, 0.3) is 0 Å².